The standard InChI is InChI=1S/C13H23NO6/c1-13(2,3)20-12(17)14-7-10(8-14)19-6-4-5-18-9-11(15)16/h10H,4-9H2,1-3H3,(H,15,16). The van der Waals surface area contributed by atoms with E-state index in [2.05, 4.69) is 0 Å². The van der Waals surface area contributed by atoms with Crippen LogP contribution >= 0.6 is 0 Å². The summed E-state index contributed by atoms with van der Waals surface area (Å²) < 4.78 is 15.6. The molecular formula is C13H23NO6. The zero-order valence-corrected chi connectivity index (χ0v) is 12.3. The summed E-state index contributed by atoms with van der Waals surface area (Å²) in [7, 11) is 0. The molecule has 0 aromatic carbocycles. The number of hydrogen-bond donors (Lipinski definition) is 1. The third-order valence-corrected chi connectivity index (χ3v) is 2.51. The molecule has 0 bridgehead atoms. The van der Waals surface area contributed by atoms with Gasteiger partial charge in [-0.25, -0.2) is 9.59 Å². The highest BCUT2D eigenvalue weighted by atomic mass is 16.6. The number of hydrogen-bond acceptors (Lipinski definition) is 5. The van der Waals surface area contributed by atoms with Crippen LogP contribution in [0.3, 0.4) is 0 Å². The second-order valence-corrected chi connectivity index (χ2v) is 5.68. The zero-order valence-electron chi connectivity index (χ0n) is 12.3. The number of carboxylic acid groups (broad SMARTS) is 1. The van der Waals surface area contributed by atoms with E-state index in [0.29, 0.717) is 32.7 Å². The average molecular weight is 289 g/mol. The van der Waals surface area contributed by atoms with Gasteiger partial charge in [0.05, 0.1) is 19.2 Å². The van der Waals surface area contributed by atoms with Crippen LogP contribution in [0.2, 0.25) is 0 Å². The summed E-state index contributed by atoms with van der Waals surface area (Å²) in [6.07, 6.45) is 0.347. The van der Waals surface area contributed by atoms with E-state index in [1.54, 1.807) is 4.90 Å². The maximum absolute atomic E-state index is 11.6. The molecule has 1 rings (SSSR count). The van der Waals surface area contributed by atoms with Crippen molar-refractivity contribution in [2.45, 2.75) is 38.9 Å². The van der Waals surface area contributed by atoms with Crippen LogP contribution in [-0.4, -0.2) is 66.7 Å². The van der Waals surface area contributed by atoms with E-state index in [1.807, 2.05) is 20.8 Å². The summed E-state index contributed by atoms with van der Waals surface area (Å²) in [5.41, 5.74) is -0.482. The Kier molecular flexibility index (Phi) is 6.22. The van der Waals surface area contributed by atoms with E-state index in [9.17, 15) is 9.59 Å². The number of rotatable bonds is 7. The topological polar surface area (TPSA) is 85.3 Å². The van der Waals surface area contributed by atoms with Gasteiger partial charge in [0.2, 0.25) is 0 Å². The molecule has 1 aliphatic heterocycles. The van der Waals surface area contributed by atoms with Crippen LogP contribution in [0.25, 0.3) is 0 Å². The summed E-state index contributed by atoms with van der Waals surface area (Å²) in [4.78, 5) is 23.4. The number of nitrogens with zero attached hydrogens (tertiary/aromatic N) is 1. The normalized spacial score (nSPS) is 15.8. The van der Waals surface area contributed by atoms with Crippen molar-refractivity contribution in [1.82, 2.24) is 4.90 Å². The fraction of sp³-hybridized carbons (Fsp3) is 0.846. The molecule has 1 N–H and O–H groups in total. The molecule has 0 unspecified atom stereocenters. The third-order valence-electron chi connectivity index (χ3n) is 2.51. The van der Waals surface area contributed by atoms with E-state index in [1.165, 1.54) is 0 Å². The first-order chi connectivity index (χ1) is 9.28. The highest BCUT2D eigenvalue weighted by Crippen LogP contribution is 2.17. The molecule has 7 nitrogen and oxygen atoms in total. The van der Waals surface area contributed by atoms with Gasteiger partial charge in [-0.05, 0) is 27.2 Å². The maximum Gasteiger partial charge on any atom is 0.410 e. The Balaban J connectivity index is 2.00. The van der Waals surface area contributed by atoms with Crippen LogP contribution in [0.1, 0.15) is 27.2 Å². The number of carbonyl (C=O) groups is 2. The van der Waals surface area contributed by atoms with Crippen LogP contribution in [0.5, 0.6) is 0 Å². The molecular weight excluding hydrogens is 266 g/mol. The van der Waals surface area contributed by atoms with E-state index in [4.69, 9.17) is 19.3 Å². The fourth-order valence-corrected chi connectivity index (χ4v) is 1.59. The third kappa shape index (κ3) is 6.72. The van der Waals surface area contributed by atoms with E-state index in [0.717, 1.165) is 0 Å². The van der Waals surface area contributed by atoms with Crippen LogP contribution < -0.4 is 0 Å². The van der Waals surface area contributed by atoms with Gasteiger partial charge in [-0.2, -0.15) is 0 Å². The Morgan fingerprint density at radius 1 is 1.25 bits per heavy atom. The zero-order chi connectivity index (χ0) is 15.2. The molecule has 20 heavy (non-hydrogen) atoms. The molecule has 0 aliphatic carbocycles. The Morgan fingerprint density at radius 2 is 1.90 bits per heavy atom. The molecule has 0 saturated carbocycles. The van der Waals surface area contributed by atoms with Crippen molar-refractivity contribution in [3.05, 3.63) is 0 Å². The van der Waals surface area contributed by atoms with E-state index < -0.39 is 11.6 Å². The molecule has 116 valence electrons. The highest BCUT2D eigenvalue weighted by Gasteiger charge is 2.34. The SMILES string of the molecule is CC(C)(C)OC(=O)N1CC(OCCCOCC(=O)O)C1. The number of likely N-dealkylation sites (tertiary alicyclic amines) is 1. The quantitative estimate of drug-likeness (QED) is 0.707. The molecule has 1 aliphatic rings. The van der Waals surface area contributed by atoms with Crippen LogP contribution in [0.4, 0.5) is 4.79 Å². The molecule has 1 amide bonds. The van der Waals surface area contributed by atoms with Crippen LogP contribution in [0.15, 0.2) is 0 Å². The summed E-state index contributed by atoms with van der Waals surface area (Å²) >= 11 is 0. The predicted octanol–water partition coefficient (Wildman–Crippen LogP) is 1.11. The highest BCUT2D eigenvalue weighted by molar-refractivity contribution is 5.69. The van der Waals surface area contributed by atoms with Crippen molar-refractivity contribution in [1.29, 1.82) is 0 Å². The number of ether oxygens (including phenoxy) is 3. The maximum atomic E-state index is 11.6. The van der Waals surface area contributed by atoms with Crippen molar-refractivity contribution in [3.63, 3.8) is 0 Å². The lowest BCUT2D eigenvalue weighted by atomic mass is 10.2. The monoisotopic (exact) mass is 289 g/mol. The van der Waals surface area contributed by atoms with Gasteiger partial charge in [0.15, 0.2) is 0 Å². The van der Waals surface area contributed by atoms with E-state index in [-0.39, 0.29) is 18.8 Å². The Labute approximate surface area is 118 Å². The molecule has 0 aromatic rings. The first-order valence-corrected chi connectivity index (χ1v) is 6.67. The molecule has 0 radical (unpaired) electrons. The predicted molar refractivity (Wildman–Crippen MR) is 70.6 cm³/mol. The Hall–Kier alpha value is -1.34. The Bertz CT molecular complexity index is 332. The molecule has 1 fully saturated rings. The van der Waals surface area contributed by atoms with Crippen molar-refractivity contribution >= 4 is 12.1 Å². The molecule has 1 saturated heterocycles. The number of amides is 1. The minimum Gasteiger partial charge on any atom is -0.480 e. The van der Waals surface area contributed by atoms with Crippen molar-refractivity contribution < 1.29 is 28.9 Å². The largest absolute Gasteiger partial charge is 0.480 e. The summed E-state index contributed by atoms with van der Waals surface area (Å²) in [6, 6.07) is 0. The Morgan fingerprint density at radius 3 is 2.45 bits per heavy atom. The minimum absolute atomic E-state index is 0.0296. The van der Waals surface area contributed by atoms with E-state index >= 15 is 0 Å². The van der Waals surface area contributed by atoms with Gasteiger partial charge in [-0.3, -0.25) is 0 Å². The molecule has 7 heteroatoms. The number of aliphatic carboxylic acids is 1. The molecule has 0 aromatic heterocycles. The first-order valence-electron chi connectivity index (χ1n) is 6.67. The number of carboxylic acids is 1. The van der Waals surface area contributed by atoms with Crippen molar-refractivity contribution in [2.24, 2.45) is 0 Å². The molecule has 0 atom stereocenters. The second-order valence-electron chi connectivity index (χ2n) is 5.68. The minimum atomic E-state index is -0.974. The first kappa shape index (κ1) is 16.7. The average Bonchev–Trinajstić information content (AvgIpc) is 2.21. The van der Waals surface area contributed by atoms with Crippen LogP contribution in [-0.2, 0) is 19.0 Å². The summed E-state index contributed by atoms with van der Waals surface area (Å²) in [6.45, 7) is 7.12. The summed E-state index contributed by atoms with van der Waals surface area (Å²) in [5.74, 6) is -0.974. The van der Waals surface area contributed by atoms with Gasteiger partial charge in [-0.1, -0.05) is 0 Å². The van der Waals surface area contributed by atoms with Gasteiger partial charge in [0.1, 0.15) is 12.2 Å². The number of carbonyl (C=O) groups excluding carboxylic acids is 1. The van der Waals surface area contributed by atoms with Gasteiger partial charge < -0.3 is 24.2 Å². The van der Waals surface area contributed by atoms with Crippen molar-refractivity contribution in [2.75, 3.05) is 32.9 Å². The van der Waals surface area contributed by atoms with Gasteiger partial charge in [-0.15, -0.1) is 0 Å². The summed E-state index contributed by atoms with van der Waals surface area (Å²) in [5, 5.41) is 8.36. The fourth-order valence-electron chi connectivity index (χ4n) is 1.59. The smallest absolute Gasteiger partial charge is 0.410 e. The van der Waals surface area contributed by atoms with Gasteiger partial charge >= 0.3 is 12.1 Å². The lowest BCUT2D eigenvalue weighted by Gasteiger charge is -2.39. The lowest BCUT2D eigenvalue weighted by Crippen LogP contribution is -2.56. The van der Waals surface area contributed by atoms with Gasteiger partial charge in [0, 0.05) is 13.2 Å². The lowest BCUT2D eigenvalue weighted by molar-refractivity contribution is -0.142. The van der Waals surface area contributed by atoms with Crippen LogP contribution in [0, 0.1) is 0 Å². The molecule has 0 spiro atoms. The second kappa shape index (κ2) is 7.44. The molecule has 1 heterocycles. The van der Waals surface area contributed by atoms with Crippen molar-refractivity contribution in [3.8, 4) is 0 Å². The van der Waals surface area contributed by atoms with Gasteiger partial charge in [0.25, 0.3) is 0 Å².